The molecule has 0 radical (unpaired) electrons. The van der Waals surface area contributed by atoms with Crippen LogP contribution in [0.5, 0.6) is 0 Å². The molecule has 0 bridgehead atoms. The molecule has 0 N–H and O–H groups in total. The van der Waals surface area contributed by atoms with Crippen molar-refractivity contribution < 1.29 is 12.8 Å². The first-order valence-electron chi connectivity index (χ1n) is 8.94. The molecule has 2 aromatic carbocycles. The number of rotatable bonds is 5. The van der Waals surface area contributed by atoms with E-state index < -0.39 is 16.1 Å². The van der Waals surface area contributed by atoms with Crippen LogP contribution >= 0.6 is 0 Å². The van der Waals surface area contributed by atoms with E-state index in [4.69, 9.17) is 0 Å². The number of sulfonamides is 1. The normalized spacial score (nSPS) is 17.4. The van der Waals surface area contributed by atoms with Crippen LogP contribution in [0.15, 0.2) is 53.4 Å². The Bertz CT molecular complexity index is 913. The third-order valence-corrected chi connectivity index (χ3v) is 6.83. The second-order valence-corrected chi connectivity index (χ2v) is 8.46. The molecule has 3 rings (SSSR count). The molecule has 2 aromatic rings. The van der Waals surface area contributed by atoms with Crippen molar-refractivity contribution in [1.29, 1.82) is 5.26 Å². The molecule has 0 amide bonds. The van der Waals surface area contributed by atoms with Crippen LogP contribution < -0.4 is 0 Å². The fraction of sp³-hybridized carbons (Fsp3) is 0.350. The summed E-state index contributed by atoms with van der Waals surface area (Å²) in [4.78, 5) is 2.22. The van der Waals surface area contributed by atoms with E-state index in [0.717, 1.165) is 12.0 Å². The van der Waals surface area contributed by atoms with Gasteiger partial charge in [-0.05, 0) is 41.8 Å². The van der Waals surface area contributed by atoms with Crippen molar-refractivity contribution in [2.45, 2.75) is 24.3 Å². The van der Waals surface area contributed by atoms with Gasteiger partial charge in [0.1, 0.15) is 11.9 Å². The summed E-state index contributed by atoms with van der Waals surface area (Å²) < 4.78 is 40.3. The molecule has 7 heteroatoms. The molecule has 1 fully saturated rings. The molecule has 1 heterocycles. The Kier molecular flexibility index (Phi) is 5.90. The van der Waals surface area contributed by atoms with Gasteiger partial charge < -0.3 is 0 Å². The minimum Gasteiger partial charge on any atom is -0.282 e. The first-order valence-corrected chi connectivity index (χ1v) is 10.4. The standard InChI is InChI=1S/C20H22FN3O2S/c1-2-16-3-9-19(10-4-16)27(25,26)24-13-11-23(12-14-24)20(15-22)17-5-7-18(21)8-6-17/h3-10,20H,2,11-14H2,1H3. The third-order valence-electron chi connectivity index (χ3n) is 4.92. The highest BCUT2D eigenvalue weighted by Crippen LogP contribution is 2.24. The summed E-state index contributed by atoms with van der Waals surface area (Å²) in [6.07, 6.45) is 0.859. The number of halogens is 1. The van der Waals surface area contributed by atoms with Gasteiger partial charge in [-0.2, -0.15) is 9.57 Å². The van der Waals surface area contributed by atoms with Gasteiger partial charge in [0, 0.05) is 26.2 Å². The van der Waals surface area contributed by atoms with Crippen LogP contribution in [0.2, 0.25) is 0 Å². The van der Waals surface area contributed by atoms with Crippen LogP contribution in [0, 0.1) is 17.1 Å². The van der Waals surface area contributed by atoms with Gasteiger partial charge in [-0.3, -0.25) is 4.90 Å². The number of nitrogens with zero attached hydrogens (tertiary/aromatic N) is 3. The lowest BCUT2D eigenvalue weighted by molar-refractivity contribution is 0.162. The Morgan fingerprint density at radius 3 is 2.15 bits per heavy atom. The molecule has 1 atom stereocenters. The Labute approximate surface area is 159 Å². The van der Waals surface area contributed by atoms with Crippen LogP contribution in [0.25, 0.3) is 0 Å². The molecule has 1 aliphatic heterocycles. The molecule has 0 spiro atoms. The van der Waals surface area contributed by atoms with E-state index in [2.05, 4.69) is 6.07 Å². The summed E-state index contributed by atoms with van der Waals surface area (Å²) in [5.74, 6) is -0.347. The van der Waals surface area contributed by atoms with Crippen LogP contribution in [0.3, 0.4) is 0 Å². The van der Waals surface area contributed by atoms with Gasteiger partial charge in [0.2, 0.25) is 10.0 Å². The molecule has 27 heavy (non-hydrogen) atoms. The lowest BCUT2D eigenvalue weighted by Crippen LogP contribution is -2.49. The highest BCUT2D eigenvalue weighted by Gasteiger charge is 2.31. The molecule has 0 saturated carbocycles. The molecule has 142 valence electrons. The van der Waals surface area contributed by atoms with Gasteiger partial charge in [0.25, 0.3) is 0 Å². The van der Waals surface area contributed by atoms with Crippen molar-refractivity contribution in [3.8, 4) is 6.07 Å². The van der Waals surface area contributed by atoms with E-state index in [9.17, 15) is 18.1 Å². The van der Waals surface area contributed by atoms with Crippen molar-refractivity contribution in [1.82, 2.24) is 9.21 Å². The Morgan fingerprint density at radius 2 is 1.63 bits per heavy atom. The number of benzene rings is 2. The van der Waals surface area contributed by atoms with E-state index in [1.165, 1.54) is 16.4 Å². The maximum absolute atomic E-state index is 13.1. The van der Waals surface area contributed by atoms with Crippen molar-refractivity contribution in [3.63, 3.8) is 0 Å². The largest absolute Gasteiger partial charge is 0.282 e. The topological polar surface area (TPSA) is 64.4 Å². The molecule has 5 nitrogen and oxygen atoms in total. The lowest BCUT2D eigenvalue weighted by Gasteiger charge is -2.36. The molecular formula is C20H22FN3O2S. The van der Waals surface area contributed by atoms with Crippen molar-refractivity contribution >= 4 is 10.0 Å². The number of hydrogen-bond acceptors (Lipinski definition) is 4. The Morgan fingerprint density at radius 1 is 1.04 bits per heavy atom. The first kappa shape index (κ1) is 19.5. The van der Waals surface area contributed by atoms with Crippen LogP contribution in [0.4, 0.5) is 4.39 Å². The molecule has 1 saturated heterocycles. The van der Waals surface area contributed by atoms with Gasteiger partial charge in [-0.15, -0.1) is 0 Å². The first-order chi connectivity index (χ1) is 13.0. The molecule has 1 aliphatic rings. The number of hydrogen-bond donors (Lipinski definition) is 0. The number of nitriles is 1. The van der Waals surface area contributed by atoms with Gasteiger partial charge >= 0.3 is 0 Å². The molecule has 0 aliphatic carbocycles. The zero-order chi connectivity index (χ0) is 19.4. The average Bonchev–Trinajstić information content (AvgIpc) is 2.70. The van der Waals surface area contributed by atoms with E-state index in [1.54, 1.807) is 24.3 Å². The predicted molar refractivity (Wildman–Crippen MR) is 101 cm³/mol. The van der Waals surface area contributed by atoms with E-state index in [-0.39, 0.29) is 5.82 Å². The van der Waals surface area contributed by atoms with Crippen LogP contribution in [-0.2, 0) is 16.4 Å². The van der Waals surface area contributed by atoms with Gasteiger partial charge in [-0.1, -0.05) is 31.2 Å². The molecular weight excluding hydrogens is 365 g/mol. The minimum absolute atomic E-state index is 0.295. The monoisotopic (exact) mass is 387 g/mol. The van der Waals surface area contributed by atoms with E-state index in [0.29, 0.717) is 36.6 Å². The third kappa shape index (κ3) is 4.19. The molecule has 0 aromatic heterocycles. The summed E-state index contributed by atoms with van der Waals surface area (Å²) in [6, 6.07) is 14.6. The summed E-state index contributed by atoms with van der Waals surface area (Å²) in [6.45, 7) is 3.55. The predicted octanol–water partition coefficient (Wildman–Crippen LogP) is 2.96. The maximum Gasteiger partial charge on any atom is 0.243 e. The Hall–Kier alpha value is -2.27. The smallest absolute Gasteiger partial charge is 0.243 e. The minimum atomic E-state index is -3.54. The van der Waals surface area contributed by atoms with Gasteiger partial charge in [-0.25, -0.2) is 12.8 Å². The average molecular weight is 387 g/mol. The maximum atomic E-state index is 13.1. The highest BCUT2D eigenvalue weighted by molar-refractivity contribution is 7.89. The van der Waals surface area contributed by atoms with Crippen molar-refractivity contribution in [2.75, 3.05) is 26.2 Å². The quantitative estimate of drug-likeness (QED) is 0.791. The summed E-state index contributed by atoms with van der Waals surface area (Å²) in [5.41, 5.74) is 1.81. The zero-order valence-corrected chi connectivity index (χ0v) is 16.0. The number of aryl methyl sites for hydroxylation is 1. The fourth-order valence-electron chi connectivity index (χ4n) is 3.26. The van der Waals surface area contributed by atoms with Crippen LogP contribution in [-0.4, -0.2) is 43.8 Å². The summed E-state index contributed by atoms with van der Waals surface area (Å²) in [5, 5.41) is 9.54. The molecule has 1 unspecified atom stereocenters. The van der Waals surface area contributed by atoms with Crippen LogP contribution in [0.1, 0.15) is 24.1 Å². The summed E-state index contributed by atoms with van der Waals surface area (Å²) >= 11 is 0. The van der Waals surface area contributed by atoms with Crippen molar-refractivity contribution in [3.05, 3.63) is 65.5 Å². The highest BCUT2D eigenvalue weighted by atomic mass is 32.2. The zero-order valence-electron chi connectivity index (χ0n) is 15.2. The SMILES string of the molecule is CCc1ccc(S(=O)(=O)N2CCN(C(C#N)c3ccc(F)cc3)CC2)cc1. The van der Waals surface area contributed by atoms with E-state index >= 15 is 0 Å². The Balaban J connectivity index is 1.70. The van der Waals surface area contributed by atoms with Crippen molar-refractivity contribution in [2.24, 2.45) is 0 Å². The van der Waals surface area contributed by atoms with E-state index in [1.807, 2.05) is 24.0 Å². The summed E-state index contributed by atoms with van der Waals surface area (Å²) in [7, 11) is -3.54. The van der Waals surface area contributed by atoms with Gasteiger partial charge in [0.05, 0.1) is 11.0 Å². The second kappa shape index (κ2) is 8.17. The van der Waals surface area contributed by atoms with Gasteiger partial charge in [0.15, 0.2) is 0 Å². The number of piperazine rings is 1. The second-order valence-electron chi connectivity index (χ2n) is 6.52. The lowest BCUT2D eigenvalue weighted by atomic mass is 10.1. The fourth-order valence-corrected chi connectivity index (χ4v) is 4.68.